The third kappa shape index (κ3) is 2.50. The monoisotopic (exact) mass is 301 g/mol. The summed E-state index contributed by atoms with van der Waals surface area (Å²) in [5.74, 6) is -0.752. The molecule has 4 nitrogen and oxygen atoms in total. The van der Waals surface area contributed by atoms with Gasteiger partial charge in [-0.05, 0) is 29.8 Å². The van der Waals surface area contributed by atoms with Crippen LogP contribution in [-0.2, 0) is 0 Å². The molecular formula is C16H13F2N3O. The van der Waals surface area contributed by atoms with Gasteiger partial charge < -0.3 is 10.5 Å². The minimum absolute atomic E-state index is 0.0547. The highest BCUT2D eigenvalue weighted by Crippen LogP contribution is 2.24. The van der Waals surface area contributed by atoms with Gasteiger partial charge in [0.25, 0.3) is 0 Å². The number of fused-ring (bicyclic) bond motifs is 1. The Morgan fingerprint density at radius 2 is 1.95 bits per heavy atom. The first-order chi connectivity index (χ1) is 10.6. The molecule has 0 radical (unpaired) electrons. The topological polar surface area (TPSA) is 63.9 Å². The first kappa shape index (κ1) is 14.1. The van der Waals surface area contributed by atoms with Crippen LogP contribution in [0, 0.1) is 11.6 Å². The third-order valence-electron chi connectivity index (χ3n) is 3.32. The SMILES string of the molecule is COc1ccc(C=Cc2n[nH]c3cc(F)c(N)cc23)cc1F. The van der Waals surface area contributed by atoms with Gasteiger partial charge in [0.15, 0.2) is 11.6 Å². The van der Waals surface area contributed by atoms with Crippen molar-refractivity contribution >= 4 is 28.7 Å². The Bertz CT molecular complexity index is 871. The number of aromatic amines is 1. The number of anilines is 1. The van der Waals surface area contributed by atoms with Crippen molar-refractivity contribution in [1.29, 1.82) is 0 Å². The lowest BCUT2D eigenvalue weighted by Crippen LogP contribution is -1.89. The molecule has 0 bridgehead atoms. The van der Waals surface area contributed by atoms with Crippen LogP contribution in [-0.4, -0.2) is 17.3 Å². The summed E-state index contributed by atoms with van der Waals surface area (Å²) < 4.78 is 31.9. The third-order valence-corrected chi connectivity index (χ3v) is 3.32. The summed E-state index contributed by atoms with van der Waals surface area (Å²) in [6.45, 7) is 0. The van der Waals surface area contributed by atoms with E-state index < -0.39 is 11.6 Å². The lowest BCUT2D eigenvalue weighted by atomic mass is 10.1. The number of hydrogen-bond acceptors (Lipinski definition) is 3. The largest absolute Gasteiger partial charge is 0.494 e. The highest BCUT2D eigenvalue weighted by atomic mass is 19.1. The predicted molar refractivity (Wildman–Crippen MR) is 82.3 cm³/mol. The smallest absolute Gasteiger partial charge is 0.165 e. The molecule has 1 heterocycles. The highest BCUT2D eigenvalue weighted by Gasteiger charge is 2.07. The molecule has 0 unspecified atom stereocenters. The molecule has 3 aromatic rings. The molecular weight excluding hydrogens is 288 g/mol. The Morgan fingerprint density at radius 1 is 1.14 bits per heavy atom. The summed E-state index contributed by atoms with van der Waals surface area (Å²) in [5.41, 5.74) is 7.42. The minimum atomic E-state index is -0.496. The molecule has 6 heteroatoms. The van der Waals surface area contributed by atoms with Crippen molar-refractivity contribution in [3.63, 3.8) is 0 Å². The molecule has 0 spiro atoms. The molecule has 0 saturated carbocycles. The van der Waals surface area contributed by atoms with Gasteiger partial charge in [0.05, 0.1) is 24.0 Å². The van der Waals surface area contributed by atoms with Gasteiger partial charge in [-0.3, -0.25) is 5.10 Å². The van der Waals surface area contributed by atoms with Gasteiger partial charge in [-0.2, -0.15) is 5.10 Å². The van der Waals surface area contributed by atoms with E-state index in [4.69, 9.17) is 10.5 Å². The first-order valence-corrected chi connectivity index (χ1v) is 6.53. The zero-order valence-electron chi connectivity index (χ0n) is 11.7. The van der Waals surface area contributed by atoms with Gasteiger partial charge in [-0.15, -0.1) is 0 Å². The van der Waals surface area contributed by atoms with Crippen LogP contribution in [0.5, 0.6) is 5.75 Å². The van der Waals surface area contributed by atoms with E-state index in [1.165, 1.54) is 25.3 Å². The standard InChI is InChI=1S/C16H13F2N3O/c1-22-16-5-3-9(6-12(16)18)2-4-14-10-7-13(19)11(17)8-15(10)21-20-14/h2-8H,19H2,1H3,(H,20,21). The number of halogens is 2. The highest BCUT2D eigenvalue weighted by molar-refractivity contribution is 5.91. The summed E-state index contributed by atoms with van der Waals surface area (Å²) in [6, 6.07) is 7.44. The zero-order chi connectivity index (χ0) is 15.7. The Morgan fingerprint density at radius 3 is 2.68 bits per heavy atom. The maximum atomic E-state index is 13.6. The molecule has 0 saturated heterocycles. The van der Waals surface area contributed by atoms with E-state index in [1.807, 2.05) is 0 Å². The molecule has 3 rings (SSSR count). The fraction of sp³-hybridized carbons (Fsp3) is 0.0625. The second-order valence-corrected chi connectivity index (χ2v) is 4.76. The normalized spacial score (nSPS) is 11.4. The molecule has 0 fully saturated rings. The van der Waals surface area contributed by atoms with Gasteiger partial charge in [0.1, 0.15) is 5.82 Å². The van der Waals surface area contributed by atoms with Crippen molar-refractivity contribution in [3.05, 3.63) is 53.2 Å². The van der Waals surface area contributed by atoms with Crippen LogP contribution in [0.3, 0.4) is 0 Å². The Labute approximate surface area is 125 Å². The van der Waals surface area contributed by atoms with Crippen LogP contribution in [0.2, 0.25) is 0 Å². The number of nitrogens with two attached hydrogens (primary N) is 1. The quantitative estimate of drug-likeness (QED) is 0.726. The number of nitrogens with one attached hydrogen (secondary N) is 1. The Hall–Kier alpha value is -2.89. The summed E-state index contributed by atoms with van der Waals surface area (Å²) in [6.07, 6.45) is 3.41. The average Bonchev–Trinajstić information content (AvgIpc) is 2.88. The van der Waals surface area contributed by atoms with Gasteiger partial charge in [-0.1, -0.05) is 12.1 Å². The number of aromatic nitrogens is 2. The molecule has 112 valence electrons. The van der Waals surface area contributed by atoms with Crippen LogP contribution >= 0.6 is 0 Å². The molecule has 2 aromatic carbocycles. The van der Waals surface area contributed by atoms with Gasteiger partial charge in [-0.25, -0.2) is 8.78 Å². The molecule has 0 aliphatic carbocycles. The van der Waals surface area contributed by atoms with Crippen molar-refractivity contribution in [1.82, 2.24) is 10.2 Å². The van der Waals surface area contributed by atoms with Crippen LogP contribution in [0.4, 0.5) is 14.5 Å². The number of nitrogens with zero attached hydrogens (tertiary/aromatic N) is 1. The number of ether oxygens (including phenoxy) is 1. The molecule has 0 atom stereocenters. The van der Waals surface area contributed by atoms with E-state index in [0.717, 1.165) is 0 Å². The maximum Gasteiger partial charge on any atom is 0.165 e. The lowest BCUT2D eigenvalue weighted by molar-refractivity contribution is 0.386. The minimum Gasteiger partial charge on any atom is -0.494 e. The molecule has 3 N–H and O–H groups in total. The van der Waals surface area contributed by atoms with Gasteiger partial charge in [0.2, 0.25) is 0 Å². The number of methoxy groups -OCH3 is 1. The number of nitrogen functional groups attached to an aromatic ring is 1. The van der Waals surface area contributed by atoms with Crippen molar-refractivity contribution in [2.45, 2.75) is 0 Å². The summed E-state index contributed by atoms with van der Waals surface area (Å²) in [7, 11) is 1.41. The average molecular weight is 301 g/mol. The van der Waals surface area contributed by atoms with Gasteiger partial charge >= 0.3 is 0 Å². The summed E-state index contributed by atoms with van der Waals surface area (Å²) in [4.78, 5) is 0. The zero-order valence-corrected chi connectivity index (χ0v) is 11.7. The second kappa shape index (κ2) is 5.48. The van der Waals surface area contributed by atoms with Crippen molar-refractivity contribution in [3.8, 4) is 5.75 Å². The molecule has 22 heavy (non-hydrogen) atoms. The first-order valence-electron chi connectivity index (χ1n) is 6.53. The van der Waals surface area contributed by atoms with Crippen LogP contribution in [0.25, 0.3) is 23.1 Å². The van der Waals surface area contributed by atoms with Crippen molar-refractivity contribution in [2.75, 3.05) is 12.8 Å². The summed E-state index contributed by atoms with van der Waals surface area (Å²) >= 11 is 0. The lowest BCUT2D eigenvalue weighted by Gasteiger charge is -2.01. The number of hydrogen-bond donors (Lipinski definition) is 2. The van der Waals surface area contributed by atoms with E-state index in [1.54, 1.807) is 24.3 Å². The Balaban J connectivity index is 1.96. The predicted octanol–water partition coefficient (Wildman–Crippen LogP) is 3.60. The van der Waals surface area contributed by atoms with E-state index >= 15 is 0 Å². The number of rotatable bonds is 3. The number of benzene rings is 2. The molecule has 0 amide bonds. The molecule has 0 aliphatic heterocycles. The van der Waals surface area contributed by atoms with E-state index in [9.17, 15) is 8.78 Å². The fourth-order valence-corrected chi connectivity index (χ4v) is 2.16. The second-order valence-electron chi connectivity index (χ2n) is 4.76. The van der Waals surface area contributed by atoms with Crippen LogP contribution in [0.15, 0.2) is 30.3 Å². The fourth-order valence-electron chi connectivity index (χ4n) is 2.16. The van der Waals surface area contributed by atoms with Crippen molar-refractivity contribution < 1.29 is 13.5 Å². The van der Waals surface area contributed by atoms with E-state index in [-0.39, 0.29) is 11.4 Å². The van der Waals surface area contributed by atoms with E-state index in [0.29, 0.717) is 22.2 Å². The summed E-state index contributed by atoms with van der Waals surface area (Å²) in [5, 5.41) is 7.53. The van der Waals surface area contributed by atoms with E-state index in [2.05, 4.69) is 10.2 Å². The van der Waals surface area contributed by atoms with Crippen LogP contribution < -0.4 is 10.5 Å². The molecule has 1 aromatic heterocycles. The van der Waals surface area contributed by atoms with Crippen molar-refractivity contribution in [2.24, 2.45) is 0 Å². The maximum absolute atomic E-state index is 13.6. The van der Waals surface area contributed by atoms with Gasteiger partial charge in [0, 0.05) is 11.5 Å². The van der Waals surface area contributed by atoms with Crippen LogP contribution in [0.1, 0.15) is 11.3 Å². The number of H-pyrrole nitrogens is 1. The molecule has 0 aliphatic rings. The Kier molecular flexibility index (Phi) is 3.50.